The summed E-state index contributed by atoms with van der Waals surface area (Å²) in [7, 11) is 0. The predicted molar refractivity (Wildman–Crippen MR) is 114 cm³/mol. The summed E-state index contributed by atoms with van der Waals surface area (Å²) >= 11 is 1.82. The van der Waals surface area contributed by atoms with Crippen LogP contribution in [0.25, 0.3) is 5.69 Å². The van der Waals surface area contributed by atoms with Gasteiger partial charge in [0.2, 0.25) is 0 Å². The first-order chi connectivity index (χ1) is 14.1. The van der Waals surface area contributed by atoms with Crippen molar-refractivity contribution in [2.75, 3.05) is 6.54 Å². The molecule has 0 radical (unpaired) electrons. The molecule has 0 unspecified atom stereocenters. The number of thioether (sulfide) groups is 1. The maximum atomic E-state index is 11.2. The van der Waals surface area contributed by atoms with Crippen LogP contribution in [0.3, 0.4) is 0 Å². The zero-order valence-electron chi connectivity index (χ0n) is 15.8. The summed E-state index contributed by atoms with van der Waals surface area (Å²) in [5.74, 6) is -0.920. The molecule has 1 saturated heterocycles. The van der Waals surface area contributed by atoms with Gasteiger partial charge >= 0.3 is 5.97 Å². The Morgan fingerprint density at radius 2 is 1.97 bits per heavy atom. The molecule has 1 aromatic carbocycles. The molecule has 6 nitrogen and oxygen atoms in total. The smallest absolute Gasteiger partial charge is 0.335 e. The summed E-state index contributed by atoms with van der Waals surface area (Å²) < 4.78 is 2.12. The van der Waals surface area contributed by atoms with Crippen LogP contribution in [-0.2, 0) is 0 Å². The molecule has 5 rings (SSSR count). The Bertz CT molecular complexity index is 1080. The molecule has 1 N–H and O–H groups in total. The second-order valence-corrected chi connectivity index (χ2v) is 8.70. The average Bonchev–Trinajstić information content (AvgIpc) is 3.42. The van der Waals surface area contributed by atoms with E-state index < -0.39 is 5.97 Å². The van der Waals surface area contributed by atoms with E-state index in [2.05, 4.69) is 27.4 Å². The van der Waals surface area contributed by atoms with Crippen molar-refractivity contribution in [2.45, 2.75) is 24.3 Å². The molecule has 0 bridgehead atoms. The van der Waals surface area contributed by atoms with Crippen LogP contribution in [0, 0.1) is 0 Å². The zero-order chi connectivity index (χ0) is 20.0. The topological polar surface area (TPSA) is 70.7 Å². The van der Waals surface area contributed by atoms with Gasteiger partial charge in [-0.05, 0) is 48.5 Å². The van der Waals surface area contributed by atoms with Gasteiger partial charge in [0.05, 0.1) is 17.3 Å². The number of aromatic carboxylic acids is 1. The molecule has 2 aliphatic heterocycles. The molecule has 2 aliphatic rings. The minimum atomic E-state index is -0.920. The molecule has 0 aliphatic carbocycles. The fraction of sp³-hybridized carbons (Fsp3) is 0.227. The van der Waals surface area contributed by atoms with Gasteiger partial charge in [-0.25, -0.2) is 4.79 Å². The van der Waals surface area contributed by atoms with Crippen LogP contribution in [0.15, 0.2) is 72.0 Å². The van der Waals surface area contributed by atoms with Crippen LogP contribution >= 0.6 is 11.8 Å². The largest absolute Gasteiger partial charge is 0.478 e. The second kappa shape index (κ2) is 7.08. The number of aromatic nitrogens is 2. The third kappa shape index (κ3) is 3.11. The van der Waals surface area contributed by atoms with Crippen molar-refractivity contribution in [1.82, 2.24) is 14.5 Å². The van der Waals surface area contributed by atoms with Gasteiger partial charge in [-0.15, -0.1) is 0 Å². The number of pyridine rings is 1. The molecule has 3 aromatic rings. The summed E-state index contributed by atoms with van der Waals surface area (Å²) in [6, 6.07) is 17.1. The number of benzene rings is 1. The van der Waals surface area contributed by atoms with Crippen LogP contribution in [-0.4, -0.2) is 42.5 Å². The lowest BCUT2D eigenvalue weighted by atomic mass is 10.0. The molecule has 7 heteroatoms. The maximum Gasteiger partial charge on any atom is 0.335 e. The van der Waals surface area contributed by atoms with E-state index in [0.717, 1.165) is 28.8 Å². The molecule has 146 valence electrons. The Morgan fingerprint density at radius 3 is 2.69 bits per heavy atom. The van der Waals surface area contributed by atoms with E-state index >= 15 is 0 Å². The van der Waals surface area contributed by atoms with Crippen molar-refractivity contribution in [3.63, 3.8) is 0 Å². The van der Waals surface area contributed by atoms with Crippen molar-refractivity contribution >= 4 is 22.9 Å². The van der Waals surface area contributed by atoms with Gasteiger partial charge in [-0.1, -0.05) is 24.8 Å². The van der Waals surface area contributed by atoms with Crippen molar-refractivity contribution in [3.8, 4) is 5.69 Å². The van der Waals surface area contributed by atoms with Crippen molar-refractivity contribution in [3.05, 3.63) is 83.9 Å². The summed E-state index contributed by atoms with van der Waals surface area (Å²) in [6.45, 7) is 3.17. The van der Waals surface area contributed by atoms with E-state index in [4.69, 9.17) is 4.99 Å². The van der Waals surface area contributed by atoms with Crippen LogP contribution in [0.5, 0.6) is 0 Å². The molecule has 4 heterocycles. The van der Waals surface area contributed by atoms with E-state index in [1.165, 1.54) is 0 Å². The quantitative estimate of drug-likeness (QED) is 0.707. The van der Waals surface area contributed by atoms with Gasteiger partial charge in [0, 0.05) is 35.6 Å². The van der Waals surface area contributed by atoms with E-state index in [9.17, 15) is 9.90 Å². The number of carbonyl (C=O) groups is 1. The van der Waals surface area contributed by atoms with Gasteiger partial charge in [0.15, 0.2) is 5.17 Å². The molecule has 0 saturated carbocycles. The Kier molecular flexibility index (Phi) is 4.39. The van der Waals surface area contributed by atoms with Crippen LogP contribution in [0.2, 0.25) is 0 Å². The van der Waals surface area contributed by atoms with Crippen molar-refractivity contribution < 1.29 is 9.90 Å². The number of hydrogen-bond acceptors (Lipinski definition) is 5. The highest BCUT2D eigenvalue weighted by Gasteiger charge is 2.44. The van der Waals surface area contributed by atoms with Crippen LogP contribution in [0.4, 0.5) is 0 Å². The lowest BCUT2D eigenvalue weighted by Crippen LogP contribution is -2.30. The number of aliphatic imine (C=N–C) groups is 1. The molecular formula is C22H20N4O2S. The highest BCUT2D eigenvalue weighted by atomic mass is 32.2. The predicted octanol–water partition coefficient (Wildman–Crippen LogP) is 4.16. The lowest BCUT2D eigenvalue weighted by molar-refractivity contribution is 0.0697. The monoisotopic (exact) mass is 404 g/mol. The van der Waals surface area contributed by atoms with Crippen LogP contribution in [0.1, 0.15) is 40.8 Å². The van der Waals surface area contributed by atoms with E-state index in [0.29, 0.717) is 5.25 Å². The number of carboxylic acids is 1. The standard InChI is InChI=1S/C22H20N4O2S/c1-14-13-26-20(19(24-22(26)29-14)17-5-2-3-11-23-17)18-6-4-12-25(18)16-9-7-15(8-10-16)21(27)28/h2-12,14,19-20H,13H2,1H3,(H,27,28)/t14-,19+,20-/m1/s1. The SMILES string of the molecule is C[C@@H]1CN2C(=N[C@@H](c3ccccn3)[C@H]2c2cccn2-c2ccc(C(=O)O)cc2)S1. The first kappa shape index (κ1) is 18.0. The molecule has 3 atom stereocenters. The number of amidine groups is 1. The Morgan fingerprint density at radius 1 is 1.14 bits per heavy atom. The highest BCUT2D eigenvalue weighted by molar-refractivity contribution is 8.14. The lowest BCUT2D eigenvalue weighted by Gasteiger charge is -2.28. The molecule has 0 amide bonds. The van der Waals surface area contributed by atoms with Gasteiger partial charge in [0.25, 0.3) is 0 Å². The third-order valence-electron chi connectivity index (χ3n) is 5.36. The Balaban J connectivity index is 1.57. The average molecular weight is 404 g/mol. The van der Waals surface area contributed by atoms with Crippen LogP contribution < -0.4 is 0 Å². The molecule has 0 spiro atoms. The number of nitrogens with zero attached hydrogens (tertiary/aromatic N) is 4. The van der Waals surface area contributed by atoms with E-state index in [1.54, 1.807) is 12.1 Å². The van der Waals surface area contributed by atoms with Gasteiger partial charge in [-0.3, -0.25) is 9.98 Å². The highest BCUT2D eigenvalue weighted by Crippen LogP contribution is 2.47. The number of hydrogen-bond donors (Lipinski definition) is 1. The number of rotatable bonds is 4. The van der Waals surface area contributed by atoms with Gasteiger partial charge in [-0.2, -0.15) is 0 Å². The fourth-order valence-electron chi connectivity index (χ4n) is 4.07. The summed E-state index contributed by atoms with van der Waals surface area (Å²) in [6.07, 6.45) is 3.83. The number of carboxylic acid groups (broad SMARTS) is 1. The van der Waals surface area contributed by atoms with Crippen molar-refractivity contribution in [2.24, 2.45) is 4.99 Å². The zero-order valence-corrected chi connectivity index (χ0v) is 16.7. The van der Waals surface area contributed by atoms with Gasteiger partial charge < -0.3 is 14.6 Å². The Hall–Kier alpha value is -3.06. The maximum absolute atomic E-state index is 11.2. The first-order valence-corrected chi connectivity index (χ1v) is 10.4. The number of fused-ring (bicyclic) bond motifs is 1. The summed E-state index contributed by atoms with van der Waals surface area (Å²) in [5.41, 5.74) is 3.30. The second-order valence-electron chi connectivity index (χ2n) is 7.29. The third-order valence-corrected chi connectivity index (χ3v) is 6.46. The molecule has 1 fully saturated rings. The molecular weight excluding hydrogens is 384 g/mol. The van der Waals surface area contributed by atoms with Crippen molar-refractivity contribution in [1.29, 1.82) is 0 Å². The fourth-order valence-corrected chi connectivity index (χ4v) is 5.17. The molecule has 29 heavy (non-hydrogen) atoms. The van der Waals surface area contributed by atoms with E-state index in [-0.39, 0.29) is 17.6 Å². The normalized spacial score (nSPS) is 23.1. The first-order valence-electron chi connectivity index (χ1n) is 9.55. The summed E-state index contributed by atoms with van der Waals surface area (Å²) in [5, 5.41) is 10.8. The minimum absolute atomic E-state index is 0.0477. The Labute approximate surface area is 172 Å². The minimum Gasteiger partial charge on any atom is -0.478 e. The molecule has 2 aromatic heterocycles. The van der Waals surface area contributed by atoms with Gasteiger partial charge in [0.1, 0.15) is 6.04 Å². The summed E-state index contributed by atoms with van der Waals surface area (Å²) in [4.78, 5) is 23.2. The van der Waals surface area contributed by atoms with E-state index in [1.807, 2.05) is 60.6 Å².